The zero-order valence-corrected chi connectivity index (χ0v) is 12.8. The van der Waals surface area contributed by atoms with Crippen molar-refractivity contribution < 1.29 is 0 Å². The normalized spacial score (nSPS) is 10.4. The molecule has 5 nitrogen and oxygen atoms in total. The Bertz CT molecular complexity index is 542. The van der Waals surface area contributed by atoms with E-state index >= 15 is 0 Å². The van der Waals surface area contributed by atoms with Gasteiger partial charge in [0.2, 0.25) is 5.95 Å². The van der Waals surface area contributed by atoms with E-state index in [0.717, 1.165) is 30.2 Å². The van der Waals surface area contributed by atoms with Gasteiger partial charge in [-0.2, -0.15) is 4.98 Å². The Hall–Kier alpha value is -2.17. The van der Waals surface area contributed by atoms with Crippen LogP contribution in [0.25, 0.3) is 0 Å². The van der Waals surface area contributed by atoms with Gasteiger partial charge in [0.05, 0.1) is 12.2 Å². The van der Waals surface area contributed by atoms with Crippen molar-refractivity contribution in [2.75, 3.05) is 17.2 Å². The smallest absolute Gasteiger partial charge is 0.224 e. The Morgan fingerprint density at radius 3 is 2.76 bits per heavy atom. The van der Waals surface area contributed by atoms with E-state index in [0.29, 0.717) is 12.5 Å². The van der Waals surface area contributed by atoms with Crippen molar-refractivity contribution in [2.45, 2.75) is 39.7 Å². The summed E-state index contributed by atoms with van der Waals surface area (Å²) in [6.07, 6.45) is 5.38. The maximum atomic E-state index is 4.49. The molecule has 0 aliphatic heterocycles. The highest BCUT2D eigenvalue weighted by Crippen LogP contribution is 2.11. The van der Waals surface area contributed by atoms with Crippen LogP contribution in [0.5, 0.6) is 0 Å². The summed E-state index contributed by atoms with van der Waals surface area (Å²) in [6, 6.07) is 7.83. The number of aromatic nitrogens is 3. The minimum Gasteiger partial charge on any atom is -0.364 e. The molecule has 2 N–H and O–H groups in total. The number of nitrogens with one attached hydrogen (secondary N) is 2. The number of aryl methyl sites for hydroxylation is 1. The standard InChI is InChI=1S/C16H23N5/c1-3-4-6-10-18-16-20-13(2)11-15(21-16)19-12-14-8-5-7-9-17-14/h5,7-9,11H,3-4,6,10,12H2,1-2H3,(H2,18,19,20,21). The number of unbranched alkanes of at least 4 members (excludes halogenated alkanes) is 2. The van der Waals surface area contributed by atoms with Gasteiger partial charge in [0.1, 0.15) is 5.82 Å². The second kappa shape index (κ2) is 8.19. The lowest BCUT2D eigenvalue weighted by Gasteiger charge is -2.09. The summed E-state index contributed by atoms with van der Waals surface area (Å²) in [4.78, 5) is 13.2. The average molecular weight is 285 g/mol. The minimum absolute atomic E-state index is 0.659. The van der Waals surface area contributed by atoms with Gasteiger partial charge in [-0.3, -0.25) is 4.98 Å². The number of pyridine rings is 1. The fourth-order valence-corrected chi connectivity index (χ4v) is 2.00. The molecule has 0 aliphatic rings. The summed E-state index contributed by atoms with van der Waals surface area (Å²) >= 11 is 0. The molecule has 2 aromatic heterocycles. The Morgan fingerprint density at radius 2 is 2.00 bits per heavy atom. The number of nitrogens with zero attached hydrogens (tertiary/aromatic N) is 3. The average Bonchev–Trinajstić information content (AvgIpc) is 2.50. The summed E-state index contributed by atoms with van der Waals surface area (Å²) in [7, 11) is 0. The van der Waals surface area contributed by atoms with Crippen LogP contribution in [0.15, 0.2) is 30.5 Å². The molecule has 0 aromatic carbocycles. The maximum absolute atomic E-state index is 4.49. The predicted octanol–water partition coefficient (Wildman–Crippen LogP) is 3.39. The molecule has 0 unspecified atom stereocenters. The molecule has 0 aliphatic carbocycles. The van der Waals surface area contributed by atoms with E-state index in [1.165, 1.54) is 12.8 Å². The van der Waals surface area contributed by atoms with Crippen LogP contribution in [0.1, 0.15) is 37.6 Å². The van der Waals surface area contributed by atoms with Gasteiger partial charge in [-0.15, -0.1) is 0 Å². The van der Waals surface area contributed by atoms with Gasteiger partial charge in [-0.1, -0.05) is 25.8 Å². The molecule has 2 heterocycles. The van der Waals surface area contributed by atoms with Crippen LogP contribution in [-0.2, 0) is 6.54 Å². The topological polar surface area (TPSA) is 62.7 Å². The van der Waals surface area contributed by atoms with Crippen LogP contribution in [0, 0.1) is 6.92 Å². The van der Waals surface area contributed by atoms with E-state index < -0.39 is 0 Å². The van der Waals surface area contributed by atoms with Crippen molar-refractivity contribution in [3.63, 3.8) is 0 Å². The second-order valence-electron chi connectivity index (χ2n) is 5.03. The molecule has 0 atom stereocenters. The summed E-state index contributed by atoms with van der Waals surface area (Å²) in [5, 5.41) is 6.57. The molecule has 0 saturated carbocycles. The molecule has 0 spiro atoms. The van der Waals surface area contributed by atoms with Crippen LogP contribution < -0.4 is 10.6 Å². The molecule has 0 fully saturated rings. The third-order valence-corrected chi connectivity index (χ3v) is 3.09. The number of rotatable bonds is 8. The van der Waals surface area contributed by atoms with Gasteiger partial charge >= 0.3 is 0 Å². The third kappa shape index (κ3) is 5.38. The lowest BCUT2D eigenvalue weighted by atomic mass is 10.2. The van der Waals surface area contributed by atoms with E-state index in [1.807, 2.05) is 31.2 Å². The molecular weight excluding hydrogens is 262 g/mol. The van der Waals surface area contributed by atoms with Gasteiger partial charge in [0.25, 0.3) is 0 Å². The summed E-state index contributed by atoms with van der Waals surface area (Å²) in [5.41, 5.74) is 1.94. The van der Waals surface area contributed by atoms with Gasteiger partial charge in [-0.05, 0) is 25.5 Å². The molecule has 0 radical (unpaired) electrons. The molecule has 0 bridgehead atoms. The van der Waals surface area contributed by atoms with Crippen molar-refractivity contribution >= 4 is 11.8 Å². The predicted molar refractivity (Wildman–Crippen MR) is 86.3 cm³/mol. The number of hydrogen-bond acceptors (Lipinski definition) is 5. The molecular formula is C16H23N5. The molecule has 0 saturated heterocycles. The van der Waals surface area contributed by atoms with Gasteiger partial charge in [0.15, 0.2) is 0 Å². The van der Waals surface area contributed by atoms with Crippen molar-refractivity contribution in [1.82, 2.24) is 15.0 Å². The Morgan fingerprint density at radius 1 is 1.10 bits per heavy atom. The molecule has 0 amide bonds. The molecule has 5 heteroatoms. The zero-order chi connectivity index (χ0) is 14.9. The zero-order valence-electron chi connectivity index (χ0n) is 12.8. The SMILES string of the molecule is CCCCCNc1nc(C)cc(NCc2ccccn2)n1. The van der Waals surface area contributed by atoms with Crippen molar-refractivity contribution in [3.8, 4) is 0 Å². The maximum Gasteiger partial charge on any atom is 0.224 e. The lowest BCUT2D eigenvalue weighted by molar-refractivity contribution is 0.740. The number of hydrogen-bond donors (Lipinski definition) is 2. The van der Waals surface area contributed by atoms with Crippen LogP contribution in [0.2, 0.25) is 0 Å². The fourth-order valence-electron chi connectivity index (χ4n) is 2.00. The molecule has 2 aromatic rings. The van der Waals surface area contributed by atoms with Crippen molar-refractivity contribution in [2.24, 2.45) is 0 Å². The van der Waals surface area contributed by atoms with E-state index in [2.05, 4.69) is 32.5 Å². The van der Waals surface area contributed by atoms with Crippen LogP contribution in [0.3, 0.4) is 0 Å². The lowest BCUT2D eigenvalue weighted by Crippen LogP contribution is -2.09. The van der Waals surface area contributed by atoms with Gasteiger partial charge in [-0.25, -0.2) is 4.98 Å². The van der Waals surface area contributed by atoms with Gasteiger partial charge < -0.3 is 10.6 Å². The van der Waals surface area contributed by atoms with E-state index in [1.54, 1.807) is 6.20 Å². The third-order valence-electron chi connectivity index (χ3n) is 3.09. The van der Waals surface area contributed by atoms with Crippen molar-refractivity contribution in [1.29, 1.82) is 0 Å². The minimum atomic E-state index is 0.659. The van der Waals surface area contributed by atoms with E-state index in [4.69, 9.17) is 0 Å². The quantitative estimate of drug-likeness (QED) is 0.728. The molecule has 2 rings (SSSR count). The first kappa shape index (κ1) is 15.2. The van der Waals surface area contributed by atoms with Crippen LogP contribution in [0.4, 0.5) is 11.8 Å². The highest BCUT2D eigenvalue weighted by atomic mass is 15.1. The first-order valence-electron chi connectivity index (χ1n) is 7.51. The Labute approximate surface area is 126 Å². The molecule has 21 heavy (non-hydrogen) atoms. The highest BCUT2D eigenvalue weighted by Gasteiger charge is 2.02. The first-order chi connectivity index (χ1) is 10.3. The van der Waals surface area contributed by atoms with Crippen LogP contribution in [-0.4, -0.2) is 21.5 Å². The number of anilines is 2. The Kier molecular flexibility index (Phi) is 5.94. The van der Waals surface area contributed by atoms with Crippen LogP contribution >= 0.6 is 0 Å². The molecule has 112 valence electrons. The monoisotopic (exact) mass is 285 g/mol. The van der Waals surface area contributed by atoms with E-state index in [-0.39, 0.29) is 0 Å². The summed E-state index contributed by atoms with van der Waals surface area (Å²) in [6.45, 7) is 5.75. The fraction of sp³-hybridized carbons (Fsp3) is 0.438. The summed E-state index contributed by atoms with van der Waals surface area (Å²) < 4.78 is 0. The highest BCUT2D eigenvalue weighted by molar-refractivity contribution is 5.42. The first-order valence-corrected chi connectivity index (χ1v) is 7.51. The van der Waals surface area contributed by atoms with Crippen molar-refractivity contribution in [3.05, 3.63) is 41.9 Å². The second-order valence-corrected chi connectivity index (χ2v) is 5.03. The Balaban J connectivity index is 1.91. The largest absolute Gasteiger partial charge is 0.364 e. The van der Waals surface area contributed by atoms with E-state index in [9.17, 15) is 0 Å². The summed E-state index contributed by atoms with van der Waals surface area (Å²) in [5.74, 6) is 1.51. The van der Waals surface area contributed by atoms with Gasteiger partial charge in [0, 0.05) is 24.5 Å².